The zero-order valence-electron chi connectivity index (χ0n) is 20.0. The zero-order chi connectivity index (χ0) is 24.5. The number of likely N-dealkylation sites (N-methyl/N-ethyl adjacent to an activating group) is 1. The predicted octanol–water partition coefficient (Wildman–Crippen LogP) is 5.07. The highest BCUT2D eigenvalue weighted by molar-refractivity contribution is 9.10. The normalized spacial score (nSPS) is 12.1. The fraction of sp³-hybridized carbons (Fsp3) is 0.333. The molecule has 0 spiro atoms. The Morgan fingerprint density at radius 2 is 1.38 bits per heavy atom. The van der Waals surface area contributed by atoms with E-state index in [0.717, 1.165) is 38.4 Å². The van der Waals surface area contributed by atoms with E-state index in [-0.39, 0.29) is 12.7 Å². The second kappa shape index (κ2) is 12.8. The Bertz CT molecular complexity index is 979. The van der Waals surface area contributed by atoms with Crippen LogP contribution in [0.15, 0.2) is 71.2 Å². The van der Waals surface area contributed by atoms with Crippen LogP contribution in [0.1, 0.15) is 22.8 Å². The first-order chi connectivity index (χ1) is 16.4. The number of rotatable bonds is 12. The van der Waals surface area contributed by atoms with Crippen LogP contribution in [0.4, 0.5) is 0 Å². The van der Waals surface area contributed by atoms with E-state index in [1.165, 1.54) is 0 Å². The van der Waals surface area contributed by atoms with Gasteiger partial charge in [0, 0.05) is 23.1 Å². The highest BCUT2D eigenvalue weighted by atomic mass is 79.9. The molecule has 0 aliphatic rings. The van der Waals surface area contributed by atoms with Gasteiger partial charge in [-0.15, -0.1) is 0 Å². The van der Waals surface area contributed by atoms with Crippen molar-refractivity contribution in [1.82, 2.24) is 4.90 Å². The van der Waals surface area contributed by atoms with E-state index in [2.05, 4.69) is 15.9 Å². The molecule has 7 heteroatoms. The number of halogens is 1. The maximum atomic E-state index is 10.7. The van der Waals surface area contributed by atoms with E-state index < -0.39 is 6.10 Å². The smallest absolute Gasteiger partial charge is 0.123 e. The van der Waals surface area contributed by atoms with E-state index in [9.17, 15) is 5.11 Å². The summed E-state index contributed by atoms with van der Waals surface area (Å²) in [6, 6.07) is 21.5. The first-order valence-corrected chi connectivity index (χ1v) is 11.8. The van der Waals surface area contributed by atoms with Gasteiger partial charge in [-0.05, 0) is 60.6 Å². The Morgan fingerprint density at radius 1 is 0.824 bits per heavy atom. The number of aliphatic hydroxyl groups is 1. The monoisotopic (exact) mass is 529 g/mol. The molecule has 1 N–H and O–H groups in total. The van der Waals surface area contributed by atoms with Gasteiger partial charge in [0.15, 0.2) is 0 Å². The molecule has 1 atom stereocenters. The van der Waals surface area contributed by atoms with Crippen molar-refractivity contribution in [2.75, 3.05) is 41.5 Å². The predicted molar refractivity (Wildman–Crippen MR) is 137 cm³/mol. The molecule has 0 fully saturated rings. The number of nitrogens with zero attached hydrogens (tertiary/aromatic N) is 1. The van der Waals surface area contributed by atoms with Crippen molar-refractivity contribution in [3.8, 4) is 17.2 Å². The third kappa shape index (κ3) is 7.21. The van der Waals surface area contributed by atoms with Crippen molar-refractivity contribution in [2.24, 2.45) is 0 Å². The van der Waals surface area contributed by atoms with E-state index in [1.54, 1.807) is 21.3 Å². The van der Waals surface area contributed by atoms with E-state index in [4.69, 9.17) is 18.9 Å². The van der Waals surface area contributed by atoms with Crippen LogP contribution in [0.2, 0.25) is 0 Å². The third-order valence-corrected chi connectivity index (χ3v) is 5.99. The summed E-state index contributed by atoms with van der Waals surface area (Å²) in [5, 5.41) is 10.7. The van der Waals surface area contributed by atoms with Gasteiger partial charge < -0.3 is 24.1 Å². The van der Waals surface area contributed by atoms with Crippen LogP contribution >= 0.6 is 15.9 Å². The summed E-state index contributed by atoms with van der Waals surface area (Å²) >= 11 is 3.51. The van der Waals surface area contributed by atoms with Gasteiger partial charge in [-0.3, -0.25) is 4.90 Å². The minimum Gasteiger partial charge on any atom is -0.497 e. The number of benzene rings is 3. The molecule has 0 heterocycles. The molecule has 0 radical (unpaired) electrons. The Kier molecular flexibility index (Phi) is 9.77. The van der Waals surface area contributed by atoms with Crippen molar-refractivity contribution < 1.29 is 24.1 Å². The molecule has 3 rings (SSSR count). The van der Waals surface area contributed by atoms with E-state index in [1.807, 2.05) is 78.7 Å². The Labute approximate surface area is 210 Å². The van der Waals surface area contributed by atoms with Gasteiger partial charge in [0.2, 0.25) is 0 Å². The molecule has 1 unspecified atom stereocenters. The van der Waals surface area contributed by atoms with Crippen LogP contribution in [-0.4, -0.2) is 57.6 Å². The van der Waals surface area contributed by atoms with Crippen molar-refractivity contribution in [3.05, 3.63) is 87.9 Å². The number of methoxy groups -OCH3 is 3. The molecule has 3 aromatic rings. The summed E-state index contributed by atoms with van der Waals surface area (Å²) in [5.74, 6) is 2.38. The number of hydrogen-bond acceptors (Lipinski definition) is 6. The lowest BCUT2D eigenvalue weighted by Gasteiger charge is -2.24. The van der Waals surface area contributed by atoms with Crippen molar-refractivity contribution in [3.63, 3.8) is 0 Å². The average molecular weight is 530 g/mol. The zero-order valence-corrected chi connectivity index (χ0v) is 21.6. The lowest BCUT2D eigenvalue weighted by molar-refractivity contribution is -0.00633. The highest BCUT2D eigenvalue weighted by Gasteiger charge is 2.19. The fourth-order valence-corrected chi connectivity index (χ4v) is 4.20. The summed E-state index contributed by atoms with van der Waals surface area (Å²) in [6.07, 6.45) is -0.996. The van der Waals surface area contributed by atoms with Crippen LogP contribution < -0.4 is 14.2 Å². The van der Waals surface area contributed by atoms with Gasteiger partial charge in [-0.1, -0.05) is 40.2 Å². The van der Waals surface area contributed by atoms with Gasteiger partial charge in [-0.25, -0.2) is 0 Å². The first kappa shape index (κ1) is 26.0. The fourth-order valence-electron chi connectivity index (χ4n) is 3.79. The molecule has 0 aliphatic heterocycles. The van der Waals surface area contributed by atoms with Crippen molar-refractivity contribution in [2.45, 2.75) is 18.8 Å². The molecule has 6 nitrogen and oxygen atoms in total. The quantitative estimate of drug-likeness (QED) is 0.353. The summed E-state index contributed by atoms with van der Waals surface area (Å²) in [6.45, 7) is 1.27. The minimum absolute atomic E-state index is 0.183. The lowest BCUT2D eigenvalue weighted by Crippen LogP contribution is -2.32. The molecule has 0 aliphatic carbocycles. The van der Waals surface area contributed by atoms with Crippen molar-refractivity contribution >= 4 is 15.9 Å². The molecule has 3 aromatic carbocycles. The largest absolute Gasteiger partial charge is 0.497 e. The second-order valence-corrected chi connectivity index (χ2v) is 8.98. The van der Waals surface area contributed by atoms with Crippen LogP contribution in [0.25, 0.3) is 0 Å². The molecule has 0 bridgehead atoms. The SMILES string of the molecule is COc1ccc(C(OCC(O)CN(C)Cc2cc(Br)ccc2OC)c2ccc(OC)cc2)cc1. The molecule has 0 saturated carbocycles. The summed E-state index contributed by atoms with van der Waals surface area (Å²) in [5.41, 5.74) is 3.00. The van der Waals surface area contributed by atoms with Crippen LogP contribution in [-0.2, 0) is 11.3 Å². The van der Waals surface area contributed by atoms with Crippen LogP contribution in [0.5, 0.6) is 17.2 Å². The van der Waals surface area contributed by atoms with Crippen LogP contribution in [0, 0.1) is 0 Å². The molecule has 182 valence electrons. The topological polar surface area (TPSA) is 60.4 Å². The standard InChI is InChI=1S/C27H32BrNO5/c1-29(16-21-15-22(28)9-14-26(21)33-4)17-23(30)18-34-27(19-5-10-24(31-2)11-6-19)20-7-12-25(32-3)13-8-20/h5-15,23,27,30H,16-18H2,1-4H3. The Morgan fingerprint density at radius 3 is 1.88 bits per heavy atom. The number of ether oxygens (including phenoxy) is 4. The van der Waals surface area contributed by atoms with Crippen LogP contribution in [0.3, 0.4) is 0 Å². The van der Waals surface area contributed by atoms with Gasteiger partial charge in [-0.2, -0.15) is 0 Å². The minimum atomic E-state index is -0.665. The van der Waals surface area contributed by atoms with E-state index >= 15 is 0 Å². The highest BCUT2D eigenvalue weighted by Crippen LogP contribution is 2.29. The van der Waals surface area contributed by atoms with Gasteiger partial charge >= 0.3 is 0 Å². The molecule has 0 saturated heterocycles. The molecule has 0 aromatic heterocycles. The Hall–Kier alpha value is -2.58. The van der Waals surface area contributed by atoms with Gasteiger partial charge in [0.05, 0.1) is 34.0 Å². The van der Waals surface area contributed by atoms with Gasteiger partial charge in [0.25, 0.3) is 0 Å². The second-order valence-electron chi connectivity index (χ2n) is 8.07. The number of aliphatic hydroxyl groups excluding tert-OH is 1. The molecule has 0 amide bonds. The average Bonchev–Trinajstić information content (AvgIpc) is 2.85. The summed E-state index contributed by atoms with van der Waals surface area (Å²) < 4.78 is 23.3. The van der Waals surface area contributed by atoms with E-state index in [0.29, 0.717) is 13.1 Å². The number of hydrogen-bond donors (Lipinski definition) is 1. The maximum absolute atomic E-state index is 10.7. The molecule has 34 heavy (non-hydrogen) atoms. The summed E-state index contributed by atoms with van der Waals surface area (Å²) in [7, 11) is 6.91. The third-order valence-electron chi connectivity index (χ3n) is 5.50. The first-order valence-electron chi connectivity index (χ1n) is 11.0. The Balaban J connectivity index is 1.67. The molecular formula is C27H32BrNO5. The van der Waals surface area contributed by atoms with Crippen molar-refractivity contribution in [1.29, 1.82) is 0 Å². The molecular weight excluding hydrogens is 498 g/mol. The maximum Gasteiger partial charge on any atom is 0.123 e. The summed E-state index contributed by atoms with van der Waals surface area (Å²) in [4.78, 5) is 2.05. The van der Waals surface area contributed by atoms with Gasteiger partial charge in [0.1, 0.15) is 23.4 Å². The lowest BCUT2D eigenvalue weighted by atomic mass is 10.0.